The van der Waals surface area contributed by atoms with Crippen LogP contribution in [0.1, 0.15) is 25.7 Å². The minimum atomic E-state index is 0.287. The average molecular weight is 313 g/mol. The van der Waals surface area contributed by atoms with Gasteiger partial charge in [0.2, 0.25) is 0 Å². The molecule has 0 spiro atoms. The van der Waals surface area contributed by atoms with E-state index in [0.717, 1.165) is 48.3 Å². The Bertz CT molecular complexity index is 500. The first-order valence-electron chi connectivity index (χ1n) is 6.15. The molecule has 98 valence electrons. The molecular weight excluding hydrogens is 296 g/mol. The number of fused-ring (bicyclic) bond motifs is 1. The van der Waals surface area contributed by atoms with Crippen molar-refractivity contribution in [2.24, 2.45) is 0 Å². The van der Waals surface area contributed by atoms with Crippen LogP contribution in [0.5, 0.6) is 0 Å². The SMILES string of the molecule is OCCCCCCNc1nc(Br)cn2ccnc12. The number of hydrogen-bond acceptors (Lipinski definition) is 4. The van der Waals surface area contributed by atoms with Crippen molar-refractivity contribution in [1.82, 2.24) is 14.4 Å². The molecule has 6 heteroatoms. The van der Waals surface area contributed by atoms with Crippen LogP contribution in [-0.4, -0.2) is 32.6 Å². The quantitative estimate of drug-likeness (QED) is 0.771. The van der Waals surface area contributed by atoms with E-state index in [0.29, 0.717) is 0 Å². The number of aliphatic hydroxyl groups excluding tert-OH is 1. The predicted octanol–water partition coefficient (Wildman–Crippen LogP) is 2.46. The number of imidazole rings is 1. The van der Waals surface area contributed by atoms with Crippen LogP contribution in [0.4, 0.5) is 5.82 Å². The summed E-state index contributed by atoms with van der Waals surface area (Å²) in [6, 6.07) is 0. The van der Waals surface area contributed by atoms with Crippen molar-refractivity contribution < 1.29 is 5.11 Å². The molecule has 0 radical (unpaired) electrons. The van der Waals surface area contributed by atoms with Crippen LogP contribution in [0.3, 0.4) is 0 Å². The van der Waals surface area contributed by atoms with E-state index in [2.05, 4.69) is 31.2 Å². The van der Waals surface area contributed by atoms with Gasteiger partial charge in [-0.25, -0.2) is 9.97 Å². The summed E-state index contributed by atoms with van der Waals surface area (Å²) >= 11 is 3.38. The van der Waals surface area contributed by atoms with Gasteiger partial charge in [0.15, 0.2) is 11.5 Å². The smallest absolute Gasteiger partial charge is 0.180 e. The van der Waals surface area contributed by atoms with Crippen molar-refractivity contribution in [2.45, 2.75) is 25.7 Å². The van der Waals surface area contributed by atoms with E-state index in [1.165, 1.54) is 0 Å². The molecule has 0 aromatic carbocycles. The largest absolute Gasteiger partial charge is 0.396 e. The molecule has 2 aromatic heterocycles. The highest BCUT2D eigenvalue weighted by atomic mass is 79.9. The van der Waals surface area contributed by atoms with E-state index < -0.39 is 0 Å². The number of anilines is 1. The van der Waals surface area contributed by atoms with Gasteiger partial charge in [-0.05, 0) is 28.8 Å². The molecule has 0 fully saturated rings. The summed E-state index contributed by atoms with van der Waals surface area (Å²) < 4.78 is 2.72. The van der Waals surface area contributed by atoms with Crippen LogP contribution >= 0.6 is 15.9 Å². The number of rotatable bonds is 7. The van der Waals surface area contributed by atoms with E-state index in [-0.39, 0.29) is 6.61 Å². The maximum atomic E-state index is 8.68. The van der Waals surface area contributed by atoms with E-state index in [9.17, 15) is 0 Å². The monoisotopic (exact) mass is 312 g/mol. The van der Waals surface area contributed by atoms with Gasteiger partial charge in [0.25, 0.3) is 0 Å². The number of halogens is 1. The average Bonchev–Trinajstić information content (AvgIpc) is 2.81. The lowest BCUT2D eigenvalue weighted by atomic mass is 10.2. The van der Waals surface area contributed by atoms with Crippen LogP contribution in [-0.2, 0) is 0 Å². The summed E-state index contributed by atoms with van der Waals surface area (Å²) in [6.45, 7) is 1.16. The van der Waals surface area contributed by atoms with Crippen LogP contribution < -0.4 is 5.32 Å². The summed E-state index contributed by atoms with van der Waals surface area (Å²) in [5.41, 5.74) is 0.841. The third-order valence-electron chi connectivity index (χ3n) is 2.72. The molecule has 0 saturated carbocycles. The molecule has 0 atom stereocenters. The van der Waals surface area contributed by atoms with Gasteiger partial charge in [-0.3, -0.25) is 0 Å². The zero-order valence-corrected chi connectivity index (χ0v) is 11.7. The number of nitrogens with zero attached hydrogens (tertiary/aromatic N) is 3. The highest BCUT2D eigenvalue weighted by Gasteiger charge is 2.05. The fourth-order valence-electron chi connectivity index (χ4n) is 1.82. The highest BCUT2D eigenvalue weighted by Crippen LogP contribution is 2.16. The fourth-order valence-corrected chi connectivity index (χ4v) is 2.21. The van der Waals surface area contributed by atoms with Gasteiger partial charge in [0.1, 0.15) is 4.60 Å². The third-order valence-corrected chi connectivity index (χ3v) is 3.10. The molecule has 2 rings (SSSR count). The molecule has 2 heterocycles. The second-order valence-corrected chi connectivity index (χ2v) is 4.95. The third kappa shape index (κ3) is 3.43. The molecule has 0 bridgehead atoms. The standard InChI is InChI=1S/C12H17BrN4O/c13-10-9-17-7-6-15-12(17)11(16-10)14-5-3-1-2-4-8-18/h6-7,9,18H,1-5,8H2,(H,14,16). The van der Waals surface area contributed by atoms with E-state index in [4.69, 9.17) is 5.11 Å². The summed E-state index contributed by atoms with van der Waals surface area (Å²) in [6.07, 6.45) is 9.69. The van der Waals surface area contributed by atoms with Crippen molar-refractivity contribution in [3.05, 3.63) is 23.2 Å². The van der Waals surface area contributed by atoms with Crippen molar-refractivity contribution >= 4 is 27.4 Å². The first-order valence-corrected chi connectivity index (χ1v) is 6.94. The molecule has 2 aromatic rings. The Morgan fingerprint density at radius 1 is 1.28 bits per heavy atom. The minimum absolute atomic E-state index is 0.287. The second-order valence-electron chi connectivity index (χ2n) is 4.13. The number of aromatic nitrogens is 3. The minimum Gasteiger partial charge on any atom is -0.396 e. The second kappa shape index (κ2) is 6.70. The maximum absolute atomic E-state index is 8.68. The maximum Gasteiger partial charge on any atom is 0.180 e. The van der Waals surface area contributed by atoms with Gasteiger partial charge in [0.05, 0.1) is 0 Å². The Labute approximate surface area is 114 Å². The lowest BCUT2D eigenvalue weighted by Crippen LogP contribution is -2.06. The Hall–Kier alpha value is -1.14. The van der Waals surface area contributed by atoms with Crippen LogP contribution in [0.25, 0.3) is 5.65 Å². The van der Waals surface area contributed by atoms with Crippen molar-refractivity contribution in [2.75, 3.05) is 18.5 Å². The number of hydrogen-bond donors (Lipinski definition) is 2. The summed E-state index contributed by atoms with van der Waals surface area (Å²) in [4.78, 5) is 8.66. The first kappa shape index (κ1) is 13.3. The van der Waals surface area contributed by atoms with Gasteiger partial charge in [-0.2, -0.15) is 0 Å². The van der Waals surface area contributed by atoms with E-state index in [1.54, 1.807) is 6.20 Å². The molecule has 2 N–H and O–H groups in total. The molecule has 0 saturated heterocycles. The van der Waals surface area contributed by atoms with Gasteiger partial charge < -0.3 is 14.8 Å². The Kier molecular flexibility index (Phi) is 4.95. The lowest BCUT2D eigenvalue weighted by Gasteiger charge is -2.07. The normalized spacial score (nSPS) is 11.0. The first-order chi connectivity index (χ1) is 8.81. The lowest BCUT2D eigenvalue weighted by molar-refractivity contribution is 0.283. The van der Waals surface area contributed by atoms with Crippen LogP contribution in [0.2, 0.25) is 0 Å². The molecule has 0 unspecified atom stereocenters. The number of nitrogens with one attached hydrogen (secondary N) is 1. The molecular formula is C12H17BrN4O. The number of aliphatic hydroxyl groups is 1. The Balaban J connectivity index is 1.89. The molecule has 0 amide bonds. The molecule has 18 heavy (non-hydrogen) atoms. The predicted molar refractivity (Wildman–Crippen MR) is 74.7 cm³/mol. The van der Waals surface area contributed by atoms with Crippen LogP contribution in [0, 0.1) is 0 Å². The van der Waals surface area contributed by atoms with E-state index >= 15 is 0 Å². The van der Waals surface area contributed by atoms with Gasteiger partial charge in [0, 0.05) is 31.7 Å². The molecule has 0 aliphatic heterocycles. The van der Waals surface area contributed by atoms with Gasteiger partial charge in [-0.15, -0.1) is 0 Å². The fraction of sp³-hybridized carbons (Fsp3) is 0.500. The van der Waals surface area contributed by atoms with Crippen molar-refractivity contribution in [1.29, 1.82) is 0 Å². The van der Waals surface area contributed by atoms with Crippen molar-refractivity contribution in [3.63, 3.8) is 0 Å². The van der Waals surface area contributed by atoms with Gasteiger partial charge in [-0.1, -0.05) is 12.8 Å². The topological polar surface area (TPSA) is 62.5 Å². The summed E-state index contributed by atoms with van der Waals surface area (Å²) in [7, 11) is 0. The molecule has 0 aliphatic carbocycles. The Morgan fingerprint density at radius 2 is 2.11 bits per heavy atom. The van der Waals surface area contributed by atoms with Crippen molar-refractivity contribution in [3.8, 4) is 0 Å². The Morgan fingerprint density at radius 3 is 2.94 bits per heavy atom. The molecule has 0 aliphatic rings. The van der Waals surface area contributed by atoms with E-state index in [1.807, 2.05) is 16.8 Å². The molecule has 5 nitrogen and oxygen atoms in total. The summed E-state index contributed by atoms with van der Waals surface area (Å²) in [5, 5.41) is 12.0. The number of unbranched alkanes of at least 4 members (excludes halogenated alkanes) is 3. The summed E-state index contributed by atoms with van der Waals surface area (Å²) in [5.74, 6) is 0.802. The zero-order valence-electron chi connectivity index (χ0n) is 10.1. The van der Waals surface area contributed by atoms with Crippen LogP contribution in [0.15, 0.2) is 23.2 Å². The highest BCUT2D eigenvalue weighted by molar-refractivity contribution is 9.10. The zero-order chi connectivity index (χ0) is 12.8. The van der Waals surface area contributed by atoms with Gasteiger partial charge >= 0.3 is 0 Å².